The van der Waals surface area contributed by atoms with Crippen LogP contribution in [0.2, 0.25) is 0 Å². The molecular formula is C19H18N4O2. The highest BCUT2D eigenvalue weighted by Gasteiger charge is 2.19. The number of aromatic nitrogens is 1. The molecule has 3 rings (SSSR count). The first-order valence-corrected chi connectivity index (χ1v) is 7.87. The Labute approximate surface area is 145 Å². The zero-order valence-corrected chi connectivity index (χ0v) is 13.5. The summed E-state index contributed by atoms with van der Waals surface area (Å²) in [7, 11) is 0. The number of carbonyl (C=O) groups excluding carboxylic acids is 2. The SMILES string of the molecule is NC(=O)[C@@H](Cc1ccccc1)NC(=O)Nc1cccc2cnccc12. The zero-order valence-electron chi connectivity index (χ0n) is 13.5. The molecule has 2 aromatic carbocycles. The fourth-order valence-electron chi connectivity index (χ4n) is 2.62. The number of nitrogens with zero attached hydrogens (tertiary/aromatic N) is 1. The number of hydrogen-bond acceptors (Lipinski definition) is 3. The Balaban J connectivity index is 1.72. The van der Waals surface area contributed by atoms with Crippen molar-refractivity contribution >= 4 is 28.4 Å². The first-order valence-electron chi connectivity index (χ1n) is 7.87. The number of carbonyl (C=O) groups is 2. The third-order valence-corrected chi connectivity index (χ3v) is 3.86. The molecule has 0 fully saturated rings. The van der Waals surface area contributed by atoms with E-state index in [4.69, 9.17) is 5.73 Å². The molecule has 0 aliphatic carbocycles. The Hall–Kier alpha value is -3.41. The highest BCUT2D eigenvalue weighted by Crippen LogP contribution is 2.21. The number of hydrogen-bond donors (Lipinski definition) is 3. The minimum absolute atomic E-state index is 0.336. The summed E-state index contributed by atoms with van der Waals surface area (Å²) in [6.45, 7) is 0. The molecule has 126 valence electrons. The predicted octanol–water partition coefficient (Wildman–Crippen LogP) is 2.45. The monoisotopic (exact) mass is 334 g/mol. The second-order valence-corrected chi connectivity index (χ2v) is 5.65. The van der Waals surface area contributed by atoms with Crippen LogP contribution in [0, 0.1) is 0 Å². The van der Waals surface area contributed by atoms with Gasteiger partial charge in [-0.2, -0.15) is 0 Å². The van der Waals surface area contributed by atoms with Gasteiger partial charge < -0.3 is 16.4 Å². The summed E-state index contributed by atoms with van der Waals surface area (Å²) in [5.74, 6) is -0.582. The van der Waals surface area contributed by atoms with E-state index in [2.05, 4.69) is 15.6 Å². The maximum absolute atomic E-state index is 12.3. The molecule has 1 atom stereocenters. The van der Waals surface area contributed by atoms with E-state index in [0.29, 0.717) is 12.1 Å². The van der Waals surface area contributed by atoms with Gasteiger partial charge in [-0.05, 0) is 17.7 Å². The number of anilines is 1. The van der Waals surface area contributed by atoms with Crippen molar-refractivity contribution < 1.29 is 9.59 Å². The Kier molecular flexibility index (Phi) is 4.89. The van der Waals surface area contributed by atoms with Crippen molar-refractivity contribution in [2.24, 2.45) is 5.73 Å². The number of nitrogens with two attached hydrogens (primary N) is 1. The number of pyridine rings is 1. The first kappa shape index (κ1) is 16.4. The van der Waals surface area contributed by atoms with Crippen molar-refractivity contribution in [2.45, 2.75) is 12.5 Å². The normalized spacial score (nSPS) is 11.7. The molecule has 25 heavy (non-hydrogen) atoms. The summed E-state index contributed by atoms with van der Waals surface area (Å²) in [6.07, 6.45) is 3.72. The van der Waals surface area contributed by atoms with Gasteiger partial charge in [0.05, 0.1) is 5.69 Å². The zero-order chi connectivity index (χ0) is 17.6. The van der Waals surface area contributed by atoms with Crippen molar-refractivity contribution in [1.82, 2.24) is 10.3 Å². The lowest BCUT2D eigenvalue weighted by Gasteiger charge is -2.17. The number of benzene rings is 2. The van der Waals surface area contributed by atoms with Gasteiger partial charge in [0.2, 0.25) is 5.91 Å². The molecule has 4 N–H and O–H groups in total. The van der Waals surface area contributed by atoms with Gasteiger partial charge in [-0.1, -0.05) is 42.5 Å². The highest BCUT2D eigenvalue weighted by molar-refractivity contribution is 6.02. The molecule has 0 radical (unpaired) electrons. The van der Waals surface area contributed by atoms with E-state index < -0.39 is 18.0 Å². The molecule has 0 aliphatic rings. The van der Waals surface area contributed by atoms with Gasteiger partial charge in [-0.25, -0.2) is 4.79 Å². The second-order valence-electron chi connectivity index (χ2n) is 5.65. The van der Waals surface area contributed by atoms with E-state index in [0.717, 1.165) is 16.3 Å². The van der Waals surface area contributed by atoms with Crippen LogP contribution in [0.3, 0.4) is 0 Å². The van der Waals surface area contributed by atoms with Crippen LogP contribution >= 0.6 is 0 Å². The maximum atomic E-state index is 12.3. The van der Waals surface area contributed by atoms with E-state index in [1.165, 1.54) is 0 Å². The quantitative estimate of drug-likeness (QED) is 0.668. The number of rotatable bonds is 5. The smallest absolute Gasteiger partial charge is 0.319 e. The predicted molar refractivity (Wildman–Crippen MR) is 97.0 cm³/mol. The molecule has 3 aromatic rings. The second kappa shape index (κ2) is 7.44. The lowest BCUT2D eigenvalue weighted by Crippen LogP contribution is -2.47. The molecule has 0 aliphatic heterocycles. The van der Waals surface area contributed by atoms with Gasteiger partial charge in [0.25, 0.3) is 0 Å². The van der Waals surface area contributed by atoms with E-state index in [1.54, 1.807) is 18.5 Å². The molecule has 1 aromatic heterocycles. The van der Waals surface area contributed by atoms with Crippen LogP contribution in [0.1, 0.15) is 5.56 Å². The standard InChI is InChI=1S/C19H18N4O2/c20-18(24)17(11-13-5-2-1-3-6-13)23-19(25)22-16-8-4-7-14-12-21-10-9-15(14)16/h1-10,12,17H,11H2,(H2,20,24)(H2,22,23,25)/t17-/m1/s1. The van der Waals surface area contributed by atoms with Crippen molar-refractivity contribution in [1.29, 1.82) is 0 Å². The number of nitrogens with one attached hydrogen (secondary N) is 2. The van der Waals surface area contributed by atoms with E-state index >= 15 is 0 Å². The minimum atomic E-state index is -0.793. The number of urea groups is 1. The Morgan fingerprint density at radius 1 is 1.04 bits per heavy atom. The average Bonchev–Trinajstić information content (AvgIpc) is 2.62. The van der Waals surface area contributed by atoms with Gasteiger partial charge in [-0.15, -0.1) is 0 Å². The summed E-state index contributed by atoms with van der Waals surface area (Å²) in [5, 5.41) is 7.19. The van der Waals surface area contributed by atoms with Crippen molar-refractivity contribution in [2.75, 3.05) is 5.32 Å². The third-order valence-electron chi connectivity index (χ3n) is 3.86. The van der Waals surface area contributed by atoms with Crippen LogP contribution in [0.15, 0.2) is 67.0 Å². The van der Waals surface area contributed by atoms with Gasteiger partial charge in [-0.3, -0.25) is 9.78 Å². The maximum Gasteiger partial charge on any atom is 0.319 e. The lowest BCUT2D eigenvalue weighted by atomic mass is 10.1. The van der Waals surface area contributed by atoms with E-state index in [1.807, 2.05) is 48.5 Å². The topological polar surface area (TPSA) is 97.1 Å². The molecule has 0 saturated heterocycles. The van der Waals surface area contributed by atoms with Crippen molar-refractivity contribution in [3.05, 3.63) is 72.6 Å². The summed E-state index contributed by atoms with van der Waals surface area (Å²) >= 11 is 0. The number of amides is 3. The Morgan fingerprint density at radius 2 is 1.84 bits per heavy atom. The van der Waals surface area contributed by atoms with E-state index in [9.17, 15) is 9.59 Å². The molecule has 0 saturated carbocycles. The average molecular weight is 334 g/mol. The van der Waals surface area contributed by atoms with Crippen LogP contribution in [-0.2, 0) is 11.2 Å². The Bertz CT molecular complexity index is 891. The van der Waals surface area contributed by atoms with Crippen LogP contribution < -0.4 is 16.4 Å². The van der Waals surface area contributed by atoms with Crippen molar-refractivity contribution in [3.63, 3.8) is 0 Å². The molecule has 1 heterocycles. The molecule has 0 spiro atoms. The fraction of sp³-hybridized carbons (Fsp3) is 0.105. The van der Waals surface area contributed by atoms with E-state index in [-0.39, 0.29) is 0 Å². The molecule has 6 nitrogen and oxygen atoms in total. The van der Waals surface area contributed by atoms with Crippen LogP contribution in [0.5, 0.6) is 0 Å². The third kappa shape index (κ3) is 4.11. The lowest BCUT2D eigenvalue weighted by molar-refractivity contribution is -0.119. The summed E-state index contributed by atoms with van der Waals surface area (Å²) < 4.78 is 0. The Morgan fingerprint density at radius 3 is 2.60 bits per heavy atom. The number of primary amides is 1. The van der Waals surface area contributed by atoms with Crippen molar-refractivity contribution in [3.8, 4) is 0 Å². The number of fused-ring (bicyclic) bond motifs is 1. The largest absolute Gasteiger partial charge is 0.368 e. The highest BCUT2D eigenvalue weighted by atomic mass is 16.2. The molecule has 6 heteroatoms. The van der Waals surface area contributed by atoms with Crippen LogP contribution in [-0.4, -0.2) is 23.0 Å². The summed E-state index contributed by atoms with van der Waals surface area (Å²) in [4.78, 5) is 28.1. The summed E-state index contributed by atoms with van der Waals surface area (Å²) in [5.41, 5.74) is 6.99. The molecular weight excluding hydrogens is 316 g/mol. The minimum Gasteiger partial charge on any atom is -0.368 e. The van der Waals surface area contributed by atoms with Crippen LogP contribution in [0.4, 0.5) is 10.5 Å². The summed E-state index contributed by atoms with van der Waals surface area (Å²) in [6, 6.07) is 15.5. The van der Waals surface area contributed by atoms with Gasteiger partial charge in [0.15, 0.2) is 0 Å². The van der Waals surface area contributed by atoms with Gasteiger partial charge in [0.1, 0.15) is 6.04 Å². The van der Waals surface area contributed by atoms with Crippen LogP contribution in [0.25, 0.3) is 10.8 Å². The molecule has 0 unspecified atom stereocenters. The first-order chi connectivity index (χ1) is 12.1. The van der Waals surface area contributed by atoms with Gasteiger partial charge >= 0.3 is 6.03 Å². The fourth-order valence-corrected chi connectivity index (χ4v) is 2.62. The van der Waals surface area contributed by atoms with Gasteiger partial charge in [0, 0.05) is 29.6 Å². The molecule has 0 bridgehead atoms. The molecule has 3 amide bonds.